The van der Waals surface area contributed by atoms with Crippen molar-refractivity contribution in [3.63, 3.8) is 0 Å². The lowest BCUT2D eigenvalue weighted by molar-refractivity contribution is -0.154. The van der Waals surface area contributed by atoms with E-state index in [4.69, 9.17) is 33.7 Å². The van der Waals surface area contributed by atoms with Crippen LogP contribution in [0.5, 0.6) is 5.75 Å². The lowest BCUT2D eigenvalue weighted by Gasteiger charge is -2.14. The minimum Gasteiger partial charge on any atom is -0.477 e. The zero-order valence-corrected chi connectivity index (χ0v) is 12.4. The van der Waals surface area contributed by atoms with E-state index >= 15 is 0 Å². The van der Waals surface area contributed by atoms with Crippen LogP contribution >= 0.6 is 23.2 Å². The topological polar surface area (TPSA) is 108 Å². The summed E-state index contributed by atoms with van der Waals surface area (Å²) in [6, 6.07) is 3.46. The molecule has 1 aromatic rings. The summed E-state index contributed by atoms with van der Waals surface area (Å²) < 4.78 is 9.94. The Balaban J connectivity index is 2.51. The molecule has 0 saturated carbocycles. The van der Waals surface area contributed by atoms with Gasteiger partial charge in [-0.1, -0.05) is 23.2 Å². The first-order valence-electron chi connectivity index (χ1n) is 5.67. The number of esters is 1. The maximum absolute atomic E-state index is 11.6. The van der Waals surface area contributed by atoms with Crippen LogP contribution in [0.1, 0.15) is 6.92 Å². The fourth-order valence-electron chi connectivity index (χ4n) is 1.24. The summed E-state index contributed by atoms with van der Waals surface area (Å²) in [6.45, 7) is 0.767. The standard InChI is InChI=1S/C12H12Cl2N2O5/c1-6(11(18)20-5-10(17)16-12(15)19)21-9-3-2-7(13)4-8(9)14/h2-4,6H,5H2,1H3,(H3,15,16,17,19)/t6-/m1/s1. The fourth-order valence-corrected chi connectivity index (χ4v) is 1.69. The number of nitrogens with one attached hydrogen (secondary N) is 1. The van der Waals surface area contributed by atoms with E-state index in [9.17, 15) is 14.4 Å². The molecule has 7 nitrogen and oxygen atoms in total. The molecule has 1 aromatic carbocycles. The van der Waals surface area contributed by atoms with Gasteiger partial charge < -0.3 is 15.2 Å². The molecule has 0 heterocycles. The largest absolute Gasteiger partial charge is 0.477 e. The van der Waals surface area contributed by atoms with E-state index < -0.39 is 30.6 Å². The third kappa shape index (κ3) is 5.88. The van der Waals surface area contributed by atoms with Crippen molar-refractivity contribution in [2.24, 2.45) is 5.73 Å². The van der Waals surface area contributed by atoms with Crippen LogP contribution in [-0.4, -0.2) is 30.6 Å². The number of amides is 3. The number of imide groups is 1. The van der Waals surface area contributed by atoms with Crippen LogP contribution in [0.25, 0.3) is 0 Å². The van der Waals surface area contributed by atoms with Crippen LogP contribution < -0.4 is 15.8 Å². The second-order valence-corrected chi connectivity index (χ2v) is 4.70. The average Bonchev–Trinajstić information content (AvgIpc) is 2.38. The van der Waals surface area contributed by atoms with Crippen LogP contribution in [0, 0.1) is 0 Å². The van der Waals surface area contributed by atoms with Gasteiger partial charge in [0.15, 0.2) is 12.7 Å². The Bertz CT molecular complexity index is 565. The zero-order valence-electron chi connectivity index (χ0n) is 10.9. The van der Waals surface area contributed by atoms with Gasteiger partial charge in [-0.3, -0.25) is 10.1 Å². The number of ether oxygens (including phenoxy) is 2. The van der Waals surface area contributed by atoms with Crippen molar-refractivity contribution >= 4 is 41.1 Å². The fraction of sp³-hybridized carbons (Fsp3) is 0.250. The molecule has 1 atom stereocenters. The van der Waals surface area contributed by atoms with Crippen molar-refractivity contribution in [2.45, 2.75) is 13.0 Å². The summed E-state index contributed by atoms with van der Waals surface area (Å²) >= 11 is 11.6. The van der Waals surface area contributed by atoms with Gasteiger partial charge in [0.2, 0.25) is 0 Å². The molecule has 0 spiro atoms. The number of nitrogens with two attached hydrogens (primary N) is 1. The molecule has 0 aliphatic heterocycles. The van der Waals surface area contributed by atoms with Crippen molar-refractivity contribution in [2.75, 3.05) is 6.61 Å². The second-order valence-electron chi connectivity index (χ2n) is 3.85. The molecule has 114 valence electrons. The molecular formula is C12H12Cl2N2O5. The van der Waals surface area contributed by atoms with Crippen molar-refractivity contribution in [3.8, 4) is 5.75 Å². The van der Waals surface area contributed by atoms with Gasteiger partial charge in [-0.15, -0.1) is 0 Å². The first-order valence-corrected chi connectivity index (χ1v) is 6.43. The van der Waals surface area contributed by atoms with E-state index in [0.29, 0.717) is 5.02 Å². The molecular weight excluding hydrogens is 323 g/mol. The summed E-state index contributed by atoms with van der Waals surface area (Å²) in [7, 11) is 0. The Morgan fingerprint density at radius 3 is 2.57 bits per heavy atom. The highest BCUT2D eigenvalue weighted by atomic mass is 35.5. The molecule has 3 N–H and O–H groups in total. The number of primary amides is 1. The van der Waals surface area contributed by atoms with Crippen LogP contribution in [0.4, 0.5) is 4.79 Å². The zero-order chi connectivity index (χ0) is 16.0. The molecule has 0 aliphatic carbocycles. The lowest BCUT2D eigenvalue weighted by atomic mass is 10.3. The number of hydrogen-bond acceptors (Lipinski definition) is 5. The molecule has 0 aliphatic rings. The molecule has 0 aromatic heterocycles. The summed E-state index contributed by atoms with van der Waals surface area (Å²) in [5.74, 6) is -1.40. The maximum atomic E-state index is 11.6. The molecule has 9 heteroatoms. The lowest BCUT2D eigenvalue weighted by Crippen LogP contribution is -2.39. The van der Waals surface area contributed by atoms with Crippen molar-refractivity contribution in [1.29, 1.82) is 0 Å². The molecule has 0 saturated heterocycles. The van der Waals surface area contributed by atoms with Gasteiger partial charge in [0, 0.05) is 5.02 Å². The Kier molecular flexibility index (Phi) is 6.26. The number of urea groups is 1. The molecule has 3 amide bonds. The maximum Gasteiger partial charge on any atom is 0.347 e. The molecule has 21 heavy (non-hydrogen) atoms. The third-order valence-electron chi connectivity index (χ3n) is 2.14. The molecule has 0 bridgehead atoms. The Hall–Kier alpha value is -1.99. The first kappa shape index (κ1) is 17.1. The molecule has 1 rings (SSSR count). The number of carbonyl (C=O) groups excluding carboxylic acids is 3. The van der Waals surface area contributed by atoms with Gasteiger partial charge >= 0.3 is 12.0 Å². The Morgan fingerprint density at radius 2 is 2.00 bits per heavy atom. The van der Waals surface area contributed by atoms with E-state index in [2.05, 4.69) is 4.74 Å². The van der Waals surface area contributed by atoms with E-state index in [-0.39, 0.29) is 10.8 Å². The minimum atomic E-state index is -1.03. The van der Waals surface area contributed by atoms with E-state index in [1.165, 1.54) is 19.1 Å². The summed E-state index contributed by atoms with van der Waals surface area (Å²) in [6.07, 6.45) is -1.01. The molecule has 0 unspecified atom stereocenters. The van der Waals surface area contributed by atoms with Gasteiger partial charge in [-0.25, -0.2) is 9.59 Å². The highest BCUT2D eigenvalue weighted by Gasteiger charge is 2.19. The number of benzene rings is 1. The number of rotatable bonds is 5. The normalized spacial score (nSPS) is 11.4. The number of halogens is 2. The van der Waals surface area contributed by atoms with Gasteiger partial charge in [0.25, 0.3) is 5.91 Å². The summed E-state index contributed by atoms with van der Waals surface area (Å²) in [5.41, 5.74) is 4.73. The van der Waals surface area contributed by atoms with Crippen LogP contribution in [0.3, 0.4) is 0 Å². The average molecular weight is 335 g/mol. The van der Waals surface area contributed by atoms with Crippen molar-refractivity contribution in [3.05, 3.63) is 28.2 Å². The minimum absolute atomic E-state index is 0.230. The Labute approximate surface area is 130 Å². The van der Waals surface area contributed by atoms with Crippen LogP contribution in [-0.2, 0) is 14.3 Å². The Morgan fingerprint density at radius 1 is 1.33 bits per heavy atom. The van der Waals surface area contributed by atoms with Crippen LogP contribution in [0.2, 0.25) is 10.0 Å². The van der Waals surface area contributed by atoms with Gasteiger partial charge in [-0.2, -0.15) is 0 Å². The molecule has 0 fully saturated rings. The number of hydrogen-bond donors (Lipinski definition) is 2. The van der Waals surface area contributed by atoms with Crippen LogP contribution in [0.15, 0.2) is 18.2 Å². The van der Waals surface area contributed by atoms with Crippen molar-refractivity contribution in [1.82, 2.24) is 5.32 Å². The summed E-state index contributed by atoms with van der Waals surface area (Å²) in [5, 5.41) is 2.40. The molecule has 0 radical (unpaired) electrons. The summed E-state index contributed by atoms with van der Waals surface area (Å²) in [4.78, 5) is 33.1. The smallest absolute Gasteiger partial charge is 0.347 e. The second kappa shape index (κ2) is 7.70. The van der Waals surface area contributed by atoms with E-state index in [1.54, 1.807) is 11.4 Å². The van der Waals surface area contributed by atoms with E-state index in [1.807, 2.05) is 0 Å². The SMILES string of the molecule is C[C@@H](Oc1ccc(Cl)cc1Cl)C(=O)OCC(=O)NC(N)=O. The highest BCUT2D eigenvalue weighted by molar-refractivity contribution is 6.35. The number of carbonyl (C=O) groups is 3. The van der Waals surface area contributed by atoms with Gasteiger partial charge in [0.05, 0.1) is 5.02 Å². The first-order chi connectivity index (χ1) is 9.79. The van der Waals surface area contributed by atoms with Gasteiger partial charge in [0.1, 0.15) is 5.75 Å². The highest BCUT2D eigenvalue weighted by Crippen LogP contribution is 2.28. The predicted octanol–water partition coefficient (Wildman–Crippen LogP) is 1.50. The van der Waals surface area contributed by atoms with E-state index in [0.717, 1.165) is 0 Å². The predicted molar refractivity (Wildman–Crippen MR) is 75.2 cm³/mol. The monoisotopic (exact) mass is 334 g/mol. The third-order valence-corrected chi connectivity index (χ3v) is 2.67. The van der Waals surface area contributed by atoms with Crippen molar-refractivity contribution < 1.29 is 23.9 Å². The quantitative estimate of drug-likeness (QED) is 0.793. The van der Waals surface area contributed by atoms with Gasteiger partial charge in [-0.05, 0) is 25.1 Å².